The minimum Gasteiger partial charge on any atom is -0.381 e. The van der Waals surface area contributed by atoms with Gasteiger partial charge in [0, 0.05) is 36.9 Å². The summed E-state index contributed by atoms with van der Waals surface area (Å²) in [6.45, 7) is 2.79. The molecule has 2 aromatic rings. The van der Waals surface area contributed by atoms with Crippen LogP contribution in [0.1, 0.15) is 31.0 Å². The lowest BCUT2D eigenvalue weighted by Crippen LogP contribution is -2.19. The third-order valence-electron chi connectivity index (χ3n) is 4.52. The van der Waals surface area contributed by atoms with E-state index in [9.17, 15) is 0 Å². The third kappa shape index (κ3) is 2.69. The number of imidazole rings is 1. The van der Waals surface area contributed by atoms with Crippen molar-refractivity contribution in [3.63, 3.8) is 0 Å². The maximum atomic E-state index is 5.55. The Kier molecular flexibility index (Phi) is 3.86. The lowest BCUT2D eigenvalue weighted by Gasteiger charge is -2.22. The van der Waals surface area contributed by atoms with Gasteiger partial charge in [-0.1, -0.05) is 0 Å². The van der Waals surface area contributed by atoms with Gasteiger partial charge in [0.25, 0.3) is 0 Å². The molecule has 2 aromatic heterocycles. The largest absolute Gasteiger partial charge is 0.381 e. The van der Waals surface area contributed by atoms with E-state index >= 15 is 0 Å². The van der Waals surface area contributed by atoms with E-state index in [0.717, 1.165) is 37.3 Å². The fraction of sp³-hybridized carbons (Fsp3) is 0.625. The van der Waals surface area contributed by atoms with E-state index < -0.39 is 0 Å². The molecule has 0 N–H and O–H groups in total. The van der Waals surface area contributed by atoms with Crippen molar-refractivity contribution in [2.24, 2.45) is 5.92 Å². The minimum atomic E-state index is 0.584. The van der Waals surface area contributed by atoms with Crippen molar-refractivity contribution in [1.29, 1.82) is 0 Å². The molecule has 2 atom stereocenters. The van der Waals surface area contributed by atoms with E-state index in [1.54, 1.807) is 0 Å². The number of nitrogens with zero attached hydrogens (tertiary/aromatic N) is 3. The number of hydrogen-bond donors (Lipinski definition) is 0. The first-order chi connectivity index (χ1) is 10.4. The molecule has 112 valence electrons. The van der Waals surface area contributed by atoms with Gasteiger partial charge < -0.3 is 9.30 Å². The van der Waals surface area contributed by atoms with Crippen LogP contribution in [0.4, 0.5) is 0 Å². The second-order valence-electron chi connectivity index (χ2n) is 6.07. The van der Waals surface area contributed by atoms with Gasteiger partial charge in [-0.15, -0.1) is 0 Å². The topological polar surface area (TPSA) is 39.9 Å². The molecular formula is C16H21N3OS. The van der Waals surface area contributed by atoms with Crippen molar-refractivity contribution < 1.29 is 4.74 Å². The van der Waals surface area contributed by atoms with Crippen LogP contribution in [0, 0.1) is 5.92 Å². The van der Waals surface area contributed by atoms with E-state index in [1.165, 1.54) is 30.2 Å². The molecule has 0 amide bonds. The van der Waals surface area contributed by atoms with Crippen LogP contribution in [-0.4, -0.2) is 39.3 Å². The van der Waals surface area contributed by atoms with E-state index in [0.29, 0.717) is 11.8 Å². The lowest BCUT2D eigenvalue weighted by atomic mass is 10.0. The zero-order valence-electron chi connectivity index (χ0n) is 12.2. The van der Waals surface area contributed by atoms with Gasteiger partial charge in [-0.2, -0.15) is 11.8 Å². The van der Waals surface area contributed by atoms with Gasteiger partial charge in [-0.05, 0) is 37.1 Å². The van der Waals surface area contributed by atoms with Crippen LogP contribution in [0.3, 0.4) is 0 Å². The molecule has 4 nitrogen and oxygen atoms in total. The smallest absolute Gasteiger partial charge is 0.160 e. The molecule has 2 saturated heterocycles. The summed E-state index contributed by atoms with van der Waals surface area (Å²) in [5, 5.41) is 0. The number of aromatic nitrogens is 3. The highest BCUT2D eigenvalue weighted by molar-refractivity contribution is 7.99. The Morgan fingerprint density at radius 1 is 1.38 bits per heavy atom. The van der Waals surface area contributed by atoms with Crippen molar-refractivity contribution in [2.75, 3.05) is 24.7 Å². The molecule has 5 heteroatoms. The lowest BCUT2D eigenvalue weighted by molar-refractivity contribution is 0.182. The molecular weight excluding hydrogens is 282 g/mol. The van der Waals surface area contributed by atoms with Crippen molar-refractivity contribution >= 4 is 22.9 Å². The summed E-state index contributed by atoms with van der Waals surface area (Å²) in [5.41, 5.74) is 2.09. The number of rotatable bonds is 3. The predicted octanol–water partition coefficient (Wildman–Crippen LogP) is 3.08. The van der Waals surface area contributed by atoms with Gasteiger partial charge in [0.05, 0.1) is 6.61 Å². The average molecular weight is 303 g/mol. The van der Waals surface area contributed by atoms with Crippen molar-refractivity contribution in [1.82, 2.24) is 14.5 Å². The number of thioether (sulfide) groups is 1. The Labute approximate surface area is 129 Å². The summed E-state index contributed by atoms with van der Waals surface area (Å²) in [6.07, 6.45) is 5.60. The normalized spacial score (nSPS) is 26.5. The fourth-order valence-electron chi connectivity index (χ4n) is 3.40. The maximum absolute atomic E-state index is 5.55. The minimum absolute atomic E-state index is 0.584. The molecule has 2 aliphatic heterocycles. The Morgan fingerprint density at radius 2 is 2.38 bits per heavy atom. The number of hydrogen-bond acceptors (Lipinski definition) is 4. The molecule has 2 aliphatic rings. The summed E-state index contributed by atoms with van der Waals surface area (Å²) in [5.74, 6) is 4.94. The molecule has 0 spiro atoms. The first-order valence-corrected chi connectivity index (χ1v) is 9.04. The van der Waals surface area contributed by atoms with Gasteiger partial charge in [0.15, 0.2) is 5.65 Å². The van der Waals surface area contributed by atoms with Crippen LogP contribution in [0.25, 0.3) is 11.2 Å². The van der Waals surface area contributed by atoms with E-state index in [-0.39, 0.29) is 0 Å². The second-order valence-corrected chi connectivity index (χ2v) is 7.22. The van der Waals surface area contributed by atoms with Gasteiger partial charge in [-0.25, -0.2) is 9.97 Å². The quantitative estimate of drug-likeness (QED) is 0.873. The second kappa shape index (κ2) is 5.97. The zero-order valence-corrected chi connectivity index (χ0v) is 13.0. The molecule has 0 aromatic carbocycles. The Morgan fingerprint density at radius 3 is 3.19 bits per heavy atom. The molecule has 4 rings (SSSR count). The molecule has 0 saturated carbocycles. The van der Waals surface area contributed by atoms with Gasteiger partial charge >= 0.3 is 0 Å². The summed E-state index contributed by atoms with van der Waals surface area (Å²) in [6, 6.07) is 4.07. The highest BCUT2D eigenvalue weighted by Gasteiger charge is 2.25. The third-order valence-corrected chi connectivity index (χ3v) is 5.74. The summed E-state index contributed by atoms with van der Waals surface area (Å²) in [7, 11) is 0. The maximum Gasteiger partial charge on any atom is 0.160 e. The van der Waals surface area contributed by atoms with E-state index in [4.69, 9.17) is 9.72 Å². The van der Waals surface area contributed by atoms with Gasteiger partial charge in [0.2, 0.25) is 0 Å². The molecule has 4 heterocycles. The van der Waals surface area contributed by atoms with Crippen molar-refractivity contribution in [3.05, 3.63) is 24.2 Å². The molecule has 0 radical (unpaired) electrons. The Hall–Kier alpha value is -1.07. The fourth-order valence-corrected chi connectivity index (χ4v) is 4.54. The van der Waals surface area contributed by atoms with E-state index in [2.05, 4.69) is 27.4 Å². The monoisotopic (exact) mass is 303 g/mol. The van der Waals surface area contributed by atoms with Crippen LogP contribution in [0.2, 0.25) is 0 Å². The van der Waals surface area contributed by atoms with E-state index in [1.807, 2.05) is 12.3 Å². The van der Waals surface area contributed by atoms with Crippen LogP contribution >= 0.6 is 11.8 Å². The average Bonchev–Trinajstić information content (AvgIpc) is 3.17. The first-order valence-electron chi connectivity index (χ1n) is 7.88. The Bertz CT molecular complexity index is 615. The number of pyridine rings is 1. The summed E-state index contributed by atoms with van der Waals surface area (Å²) < 4.78 is 7.93. The molecule has 2 unspecified atom stereocenters. The number of ether oxygens (including phenoxy) is 1. The number of fused-ring (bicyclic) bond motifs is 1. The van der Waals surface area contributed by atoms with Gasteiger partial charge in [-0.3, -0.25) is 0 Å². The van der Waals surface area contributed by atoms with Crippen LogP contribution in [-0.2, 0) is 11.3 Å². The molecule has 2 fully saturated rings. The summed E-state index contributed by atoms with van der Waals surface area (Å²) >= 11 is 2.06. The van der Waals surface area contributed by atoms with Crippen molar-refractivity contribution in [2.45, 2.75) is 31.7 Å². The highest BCUT2D eigenvalue weighted by atomic mass is 32.2. The molecule has 0 aliphatic carbocycles. The predicted molar refractivity (Wildman–Crippen MR) is 85.8 cm³/mol. The van der Waals surface area contributed by atoms with Gasteiger partial charge in [0.1, 0.15) is 11.3 Å². The SMILES string of the molecule is c1cnc2c(c1)nc(C1CCCSC1)n2CC1CCOC1. The Balaban J connectivity index is 1.72. The van der Waals surface area contributed by atoms with Crippen molar-refractivity contribution in [3.8, 4) is 0 Å². The highest BCUT2D eigenvalue weighted by Crippen LogP contribution is 2.33. The van der Waals surface area contributed by atoms with Crippen LogP contribution in [0.15, 0.2) is 18.3 Å². The summed E-state index contributed by atoms with van der Waals surface area (Å²) in [4.78, 5) is 9.52. The zero-order chi connectivity index (χ0) is 14.1. The first kappa shape index (κ1) is 13.6. The van der Waals surface area contributed by atoms with Crippen LogP contribution in [0.5, 0.6) is 0 Å². The standard InChI is InChI=1S/C16H21N3OS/c1-4-14-16(17-6-1)19(9-12-5-7-20-10-12)15(18-14)13-3-2-8-21-11-13/h1,4,6,12-13H,2-3,5,7-11H2. The molecule has 0 bridgehead atoms. The van der Waals surface area contributed by atoms with Crippen LogP contribution < -0.4 is 0 Å². The molecule has 21 heavy (non-hydrogen) atoms.